The highest BCUT2D eigenvalue weighted by atomic mass is 16.5. The molecule has 4 rings (SSSR count). The summed E-state index contributed by atoms with van der Waals surface area (Å²) in [6.45, 7) is 11.4. The van der Waals surface area contributed by atoms with E-state index in [9.17, 15) is 0 Å². The first kappa shape index (κ1) is 21.5. The fraction of sp³-hybridized carbons (Fsp3) is 0.480. The van der Waals surface area contributed by atoms with Gasteiger partial charge < -0.3 is 25.2 Å². The standard InChI is InChI=1S/C25H35N5O/c1-3-26-25(28-22-12-13-30(19-22)24-8-4-20(2)5-9-24)27-18-21-6-10-23(11-7-21)29-14-16-31-17-15-29/h4-11,22H,3,12-19H2,1-2H3,(H2,26,27,28). The number of anilines is 2. The van der Waals surface area contributed by atoms with Gasteiger partial charge in [-0.1, -0.05) is 29.8 Å². The van der Waals surface area contributed by atoms with Crippen LogP contribution in [0.2, 0.25) is 0 Å². The lowest BCUT2D eigenvalue weighted by Crippen LogP contribution is -2.44. The molecular weight excluding hydrogens is 386 g/mol. The second-order valence-electron chi connectivity index (χ2n) is 8.37. The Morgan fingerprint density at radius 2 is 1.65 bits per heavy atom. The third-order valence-corrected chi connectivity index (χ3v) is 6.00. The van der Waals surface area contributed by atoms with E-state index in [-0.39, 0.29) is 0 Å². The van der Waals surface area contributed by atoms with Crippen molar-refractivity contribution in [3.63, 3.8) is 0 Å². The maximum atomic E-state index is 5.45. The van der Waals surface area contributed by atoms with E-state index in [1.807, 2.05) is 0 Å². The Morgan fingerprint density at radius 1 is 0.968 bits per heavy atom. The van der Waals surface area contributed by atoms with Crippen molar-refractivity contribution in [2.75, 3.05) is 55.7 Å². The van der Waals surface area contributed by atoms with E-state index >= 15 is 0 Å². The van der Waals surface area contributed by atoms with E-state index in [4.69, 9.17) is 9.73 Å². The van der Waals surface area contributed by atoms with Crippen LogP contribution in [0.15, 0.2) is 53.5 Å². The van der Waals surface area contributed by atoms with E-state index in [2.05, 4.69) is 82.8 Å². The van der Waals surface area contributed by atoms with Crippen LogP contribution in [0.1, 0.15) is 24.5 Å². The Morgan fingerprint density at radius 3 is 2.35 bits per heavy atom. The van der Waals surface area contributed by atoms with Crippen LogP contribution in [0.25, 0.3) is 0 Å². The molecule has 2 heterocycles. The number of nitrogens with one attached hydrogen (secondary N) is 2. The molecule has 1 atom stereocenters. The SMILES string of the molecule is CCNC(=NCc1ccc(N2CCOCC2)cc1)NC1CCN(c2ccc(C)cc2)C1. The zero-order valence-electron chi connectivity index (χ0n) is 18.8. The van der Waals surface area contributed by atoms with Gasteiger partial charge in [-0.2, -0.15) is 0 Å². The van der Waals surface area contributed by atoms with Crippen molar-refractivity contribution in [1.82, 2.24) is 10.6 Å². The van der Waals surface area contributed by atoms with Gasteiger partial charge in [-0.25, -0.2) is 4.99 Å². The summed E-state index contributed by atoms with van der Waals surface area (Å²) in [4.78, 5) is 9.67. The molecule has 0 bridgehead atoms. The molecular formula is C25H35N5O. The monoisotopic (exact) mass is 421 g/mol. The van der Waals surface area contributed by atoms with Gasteiger partial charge >= 0.3 is 0 Å². The molecule has 0 aromatic heterocycles. The molecule has 0 radical (unpaired) electrons. The Bertz CT molecular complexity index is 843. The number of ether oxygens (including phenoxy) is 1. The number of hydrogen-bond donors (Lipinski definition) is 2. The summed E-state index contributed by atoms with van der Waals surface area (Å²) in [6.07, 6.45) is 1.12. The first-order valence-electron chi connectivity index (χ1n) is 11.5. The summed E-state index contributed by atoms with van der Waals surface area (Å²) < 4.78 is 5.45. The largest absolute Gasteiger partial charge is 0.378 e. The Kier molecular flexibility index (Phi) is 7.30. The molecule has 6 nitrogen and oxygen atoms in total. The van der Waals surface area contributed by atoms with E-state index in [0.29, 0.717) is 12.6 Å². The van der Waals surface area contributed by atoms with Crippen LogP contribution in [0.5, 0.6) is 0 Å². The number of hydrogen-bond acceptors (Lipinski definition) is 4. The molecule has 166 valence electrons. The van der Waals surface area contributed by atoms with Gasteiger partial charge in [0.1, 0.15) is 0 Å². The Labute approximate surface area is 186 Å². The summed E-state index contributed by atoms with van der Waals surface area (Å²) in [5.74, 6) is 0.899. The number of rotatable bonds is 6. The summed E-state index contributed by atoms with van der Waals surface area (Å²) in [5, 5.41) is 7.04. The van der Waals surface area contributed by atoms with Crippen molar-refractivity contribution in [3.05, 3.63) is 59.7 Å². The third kappa shape index (κ3) is 5.91. The molecule has 0 spiro atoms. The molecule has 2 fully saturated rings. The molecule has 2 aromatic carbocycles. The van der Waals surface area contributed by atoms with Gasteiger partial charge in [0, 0.05) is 50.1 Å². The highest BCUT2D eigenvalue weighted by Gasteiger charge is 2.23. The minimum atomic E-state index is 0.405. The number of guanidine groups is 1. The summed E-state index contributed by atoms with van der Waals surface area (Å²) in [6, 6.07) is 18.0. The maximum absolute atomic E-state index is 5.45. The van der Waals surface area contributed by atoms with Crippen molar-refractivity contribution in [3.8, 4) is 0 Å². The minimum absolute atomic E-state index is 0.405. The zero-order valence-corrected chi connectivity index (χ0v) is 18.8. The lowest BCUT2D eigenvalue weighted by molar-refractivity contribution is 0.122. The molecule has 2 aliphatic heterocycles. The Hall–Kier alpha value is -2.73. The van der Waals surface area contributed by atoms with Crippen molar-refractivity contribution in [2.24, 2.45) is 4.99 Å². The number of aryl methyl sites for hydroxylation is 1. The second kappa shape index (κ2) is 10.5. The van der Waals surface area contributed by atoms with Crippen LogP contribution in [0, 0.1) is 6.92 Å². The maximum Gasteiger partial charge on any atom is 0.191 e. The molecule has 6 heteroatoms. The van der Waals surface area contributed by atoms with Crippen LogP contribution >= 0.6 is 0 Å². The normalized spacial score (nSPS) is 19.5. The average Bonchev–Trinajstić information content (AvgIpc) is 3.27. The first-order valence-corrected chi connectivity index (χ1v) is 11.5. The fourth-order valence-electron chi connectivity index (χ4n) is 4.19. The van der Waals surface area contributed by atoms with Gasteiger partial charge in [0.15, 0.2) is 5.96 Å². The Balaban J connectivity index is 1.32. The van der Waals surface area contributed by atoms with Crippen LogP contribution in [-0.2, 0) is 11.3 Å². The summed E-state index contributed by atoms with van der Waals surface area (Å²) in [5.41, 5.74) is 5.10. The topological polar surface area (TPSA) is 52.1 Å². The molecule has 31 heavy (non-hydrogen) atoms. The van der Waals surface area contributed by atoms with E-state index in [0.717, 1.165) is 58.3 Å². The van der Waals surface area contributed by atoms with Crippen molar-refractivity contribution in [1.29, 1.82) is 0 Å². The molecule has 0 amide bonds. The summed E-state index contributed by atoms with van der Waals surface area (Å²) >= 11 is 0. The highest BCUT2D eigenvalue weighted by molar-refractivity contribution is 5.80. The van der Waals surface area contributed by atoms with Crippen LogP contribution in [0.4, 0.5) is 11.4 Å². The van der Waals surface area contributed by atoms with Gasteiger partial charge in [-0.15, -0.1) is 0 Å². The molecule has 2 aliphatic rings. The molecule has 2 N–H and O–H groups in total. The predicted molar refractivity (Wildman–Crippen MR) is 129 cm³/mol. The van der Waals surface area contributed by atoms with Crippen molar-refractivity contribution < 1.29 is 4.74 Å². The number of aliphatic imine (C=N–C) groups is 1. The average molecular weight is 422 g/mol. The van der Waals surface area contributed by atoms with Gasteiger partial charge in [0.25, 0.3) is 0 Å². The van der Waals surface area contributed by atoms with E-state index < -0.39 is 0 Å². The van der Waals surface area contributed by atoms with Gasteiger partial charge in [-0.3, -0.25) is 0 Å². The quantitative estimate of drug-likeness (QED) is 0.554. The second-order valence-corrected chi connectivity index (χ2v) is 8.37. The molecule has 0 aliphatic carbocycles. The van der Waals surface area contributed by atoms with Crippen molar-refractivity contribution in [2.45, 2.75) is 32.9 Å². The van der Waals surface area contributed by atoms with Crippen LogP contribution < -0.4 is 20.4 Å². The van der Waals surface area contributed by atoms with Gasteiger partial charge in [0.2, 0.25) is 0 Å². The fourth-order valence-corrected chi connectivity index (χ4v) is 4.19. The smallest absolute Gasteiger partial charge is 0.191 e. The number of benzene rings is 2. The van der Waals surface area contributed by atoms with Gasteiger partial charge in [-0.05, 0) is 50.1 Å². The van der Waals surface area contributed by atoms with E-state index in [1.54, 1.807) is 0 Å². The van der Waals surface area contributed by atoms with Crippen molar-refractivity contribution >= 4 is 17.3 Å². The third-order valence-electron chi connectivity index (χ3n) is 6.00. The van der Waals surface area contributed by atoms with Crippen LogP contribution in [0.3, 0.4) is 0 Å². The predicted octanol–water partition coefficient (Wildman–Crippen LogP) is 3.17. The minimum Gasteiger partial charge on any atom is -0.378 e. The lowest BCUT2D eigenvalue weighted by atomic mass is 10.2. The molecule has 2 aromatic rings. The summed E-state index contributed by atoms with van der Waals surface area (Å²) in [7, 11) is 0. The molecule has 1 unspecified atom stereocenters. The zero-order chi connectivity index (χ0) is 21.5. The number of morpholine rings is 1. The number of nitrogens with zero attached hydrogens (tertiary/aromatic N) is 3. The molecule has 0 saturated carbocycles. The molecule has 2 saturated heterocycles. The van der Waals surface area contributed by atoms with Crippen LogP contribution in [-0.4, -0.2) is 57.9 Å². The van der Waals surface area contributed by atoms with E-state index in [1.165, 1.54) is 22.5 Å². The van der Waals surface area contributed by atoms with Gasteiger partial charge in [0.05, 0.1) is 19.8 Å². The highest BCUT2D eigenvalue weighted by Crippen LogP contribution is 2.21. The first-order chi connectivity index (χ1) is 15.2. The lowest BCUT2D eigenvalue weighted by Gasteiger charge is -2.28.